The largest absolute Gasteiger partial charge is 0.412 e. The number of hydrogen-bond donors (Lipinski definition) is 1. The summed E-state index contributed by atoms with van der Waals surface area (Å²) >= 11 is 0. The van der Waals surface area contributed by atoms with Crippen LogP contribution in [0.3, 0.4) is 0 Å². The molecule has 1 amide bonds. The first-order valence-electron chi connectivity index (χ1n) is 6.90. The van der Waals surface area contributed by atoms with Crippen molar-refractivity contribution >= 4 is 5.91 Å². The molecule has 0 radical (unpaired) electrons. The average Bonchev–Trinajstić information content (AvgIpc) is 2.76. The number of carbonyl (C=O) groups excluding carboxylic acids is 1. The molecule has 2 aromatic rings. The predicted octanol–water partition coefficient (Wildman–Crippen LogP) is 3.20. The molecular weight excluding hydrogens is 333 g/mol. The van der Waals surface area contributed by atoms with Crippen LogP contribution in [0.4, 0.5) is 22.0 Å². The lowest BCUT2D eigenvalue weighted by molar-refractivity contribution is -0.164. The van der Waals surface area contributed by atoms with Gasteiger partial charge in [0.25, 0.3) is 0 Å². The molecule has 130 valence electrons. The number of rotatable bonds is 4. The number of alkyl halides is 3. The maximum Gasteiger partial charge on any atom is 0.412 e. The quantitative estimate of drug-likeness (QED) is 0.864. The Balaban J connectivity index is 2.25. The lowest BCUT2D eigenvalue weighted by Gasteiger charge is -2.22. The van der Waals surface area contributed by atoms with E-state index in [1.807, 2.05) is 0 Å². The summed E-state index contributed by atoms with van der Waals surface area (Å²) in [6.07, 6.45) is -4.99. The van der Waals surface area contributed by atoms with Crippen molar-refractivity contribution in [3.8, 4) is 0 Å². The van der Waals surface area contributed by atoms with E-state index >= 15 is 0 Å². The summed E-state index contributed by atoms with van der Waals surface area (Å²) < 4.78 is 67.6. The fraction of sp³-hybridized carbons (Fsp3) is 0.333. The van der Waals surface area contributed by atoms with E-state index in [0.717, 1.165) is 12.1 Å². The van der Waals surface area contributed by atoms with Crippen LogP contribution in [0.1, 0.15) is 23.0 Å². The van der Waals surface area contributed by atoms with Crippen molar-refractivity contribution in [1.29, 1.82) is 0 Å². The zero-order valence-electron chi connectivity index (χ0n) is 12.8. The first-order chi connectivity index (χ1) is 11.1. The minimum absolute atomic E-state index is 0.469. The Labute approximate surface area is 134 Å². The van der Waals surface area contributed by atoms with Crippen molar-refractivity contribution in [3.05, 3.63) is 52.9 Å². The van der Waals surface area contributed by atoms with Crippen molar-refractivity contribution < 1.29 is 26.7 Å². The molecule has 1 N–H and O–H groups in total. The van der Waals surface area contributed by atoms with E-state index in [0.29, 0.717) is 17.5 Å². The number of carbonyl (C=O) groups is 1. The van der Waals surface area contributed by atoms with E-state index in [2.05, 4.69) is 5.10 Å². The highest BCUT2D eigenvalue weighted by atomic mass is 19.4. The molecule has 9 heteroatoms. The van der Waals surface area contributed by atoms with E-state index in [1.165, 1.54) is 4.68 Å². The lowest BCUT2D eigenvalue weighted by Crippen LogP contribution is -2.40. The molecule has 1 aromatic carbocycles. The summed E-state index contributed by atoms with van der Waals surface area (Å²) in [5, 5.41) is 5.66. The highest BCUT2D eigenvalue weighted by Crippen LogP contribution is 2.34. The number of halogens is 5. The Bertz CT molecular complexity index is 754. The van der Waals surface area contributed by atoms with Gasteiger partial charge in [0.1, 0.15) is 6.54 Å². The van der Waals surface area contributed by atoms with Gasteiger partial charge < -0.3 is 5.32 Å². The van der Waals surface area contributed by atoms with E-state index in [-0.39, 0.29) is 0 Å². The topological polar surface area (TPSA) is 46.9 Å². The third kappa shape index (κ3) is 3.90. The van der Waals surface area contributed by atoms with Crippen LogP contribution in [0.15, 0.2) is 24.3 Å². The molecular formula is C15H14F5N3O. The first-order valence-corrected chi connectivity index (χ1v) is 6.90. The zero-order chi connectivity index (χ0) is 18.1. The van der Waals surface area contributed by atoms with Crippen LogP contribution in [0.25, 0.3) is 0 Å². The van der Waals surface area contributed by atoms with Crippen molar-refractivity contribution in [2.45, 2.75) is 32.6 Å². The van der Waals surface area contributed by atoms with E-state index in [1.54, 1.807) is 25.2 Å². The molecule has 1 atom stereocenters. The molecule has 1 heterocycles. The molecule has 0 aliphatic carbocycles. The average molecular weight is 347 g/mol. The number of nitrogens with zero attached hydrogens (tertiary/aromatic N) is 2. The third-order valence-corrected chi connectivity index (χ3v) is 3.32. The van der Waals surface area contributed by atoms with Gasteiger partial charge in [0, 0.05) is 11.3 Å². The normalized spacial score (nSPS) is 13.0. The summed E-state index contributed by atoms with van der Waals surface area (Å²) in [5.41, 5.74) is 0.205. The van der Waals surface area contributed by atoms with Crippen LogP contribution in [0.5, 0.6) is 0 Å². The molecule has 0 fully saturated rings. The molecule has 0 saturated heterocycles. The Hall–Kier alpha value is -2.45. The second kappa shape index (κ2) is 6.58. The van der Waals surface area contributed by atoms with E-state index in [4.69, 9.17) is 0 Å². The number of benzene rings is 1. The number of hydrogen-bond acceptors (Lipinski definition) is 2. The van der Waals surface area contributed by atoms with Crippen molar-refractivity contribution in [2.75, 3.05) is 0 Å². The van der Waals surface area contributed by atoms with Gasteiger partial charge in [-0.15, -0.1) is 0 Å². The third-order valence-electron chi connectivity index (χ3n) is 3.32. The molecule has 2 rings (SSSR count). The van der Waals surface area contributed by atoms with Gasteiger partial charge in [-0.05, 0) is 26.0 Å². The summed E-state index contributed by atoms with van der Waals surface area (Å²) in [6, 6.07) is 1.42. The van der Waals surface area contributed by atoms with Gasteiger partial charge in [0.2, 0.25) is 5.91 Å². The number of aryl methyl sites for hydroxylation is 2. The lowest BCUT2D eigenvalue weighted by atomic mass is 10.1. The second-order valence-corrected chi connectivity index (χ2v) is 5.27. The van der Waals surface area contributed by atoms with Gasteiger partial charge in [-0.3, -0.25) is 9.48 Å². The minimum Gasteiger partial charge on any atom is -0.339 e. The number of nitrogens with one attached hydrogen (secondary N) is 1. The van der Waals surface area contributed by atoms with Gasteiger partial charge in [0.15, 0.2) is 17.7 Å². The second-order valence-electron chi connectivity index (χ2n) is 5.27. The molecule has 0 bridgehead atoms. The van der Waals surface area contributed by atoms with Crippen LogP contribution >= 0.6 is 0 Å². The van der Waals surface area contributed by atoms with Crippen LogP contribution in [-0.4, -0.2) is 21.9 Å². The maximum atomic E-state index is 13.7. The van der Waals surface area contributed by atoms with Crippen LogP contribution in [0, 0.1) is 25.5 Å². The van der Waals surface area contributed by atoms with Crippen LogP contribution in [0.2, 0.25) is 0 Å². The van der Waals surface area contributed by atoms with Gasteiger partial charge >= 0.3 is 6.18 Å². The van der Waals surface area contributed by atoms with Gasteiger partial charge in [-0.2, -0.15) is 18.3 Å². The Morgan fingerprint density at radius 3 is 2.50 bits per heavy atom. The SMILES string of the molecule is Cc1cc(C)n(CC(=O)N[C@@H](c2cccc(F)c2F)C(F)(F)F)n1. The van der Waals surface area contributed by atoms with Gasteiger partial charge in [0.05, 0.1) is 5.69 Å². The maximum absolute atomic E-state index is 13.7. The summed E-state index contributed by atoms with van der Waals surface area (Å²) in [5.74, 6) is -4.09. The standard InChI is InChI=1S/C15H14F5N3O/c1-8-6-9(2)23(22-8)7-12(24)21-14(15(18,19)20)10-4-3-5-11(16)13(10)17/h3-6,14H,7H2,1-2H3,(H,21,24)/t14-/m0/s1. The highest BCUT2D eigenvalue weighted by Gasteiger charge is 2.43. The van der Waals surface area contributed by atoms with Crippen molar-refractivity contribution in [2.24, 2.45) is 0 Å². The number of amides is 1. The van der Waals surface area contributed by atoms with Crippen LogP contribution in [-0.2, 0) is 11.3 Å². The smallest absolute Gasteiger partial charge is 0.339 e. The predicted molar refractivity (Wildman–Crippen MR) is 75.0 cm³/mol. The zero-order valence-corrected chi connectivity index (χ0v) is 12.8. The highest BCUT2D eigenvalue weighted by molar-refractivity contribution is 5.76. The van der Waals surface area contributed by atoms with E-state index in [9.17, 15) is 26.7 Å². The fourth-order valence-corrected chi connectivity index (χ4v) is 2.26. The Morgan fingerprint density at radius 1 is 1.29 bits per heavy atom. The Morgan fingerprint density at radius 2 is 1.96 bits per heavy atom. The molecule has 0 spiro atoms. The van der Waals surface area contributed by atoms with Gasteiger partial charge in [-0.1, -0.05) is 12.1 Å². The molecule has 0 aliphatic heterocycles. The molecule has 24 heavy (non-hydrogen) atoms. The van der Waals surface area contributed by atoms with Crippen LogP contribution < -0.4 is 5.32 Å². The first kappa shape index (κ1) is 17.9. The Kier molecular flexibility index (Phi) is 4.91. The molecule has 1 aromatic heterocycles. The molecule has 0 unspecified atom stereocenters. The summed E-state index contributed by atoms with van der Waals surface area (Å²) in [7, 11) is 0. The summed E-state index contributed by atoms with van der Waals surface area (Å²) in [6.45, 7) is 2.84. The minimum atomic E-state index is -4.99. The molecule has 0 saturated carbocycles. The monoisotopic (exact) mass is 347 g/mol. The van der Waals surface area contributed by atoms with Crippen molar-refractivity contribution in [3.63, 3.8) is 0 Å². The van der Waals surface area contributed by atoms with E-state index < -0.39 is 41.9 Å². The van der Waals surface area contributed by atoms with Gasteiger partial charge in [-0.25, -0.2) is 8.78 Å². The number of aromatic nitrogens is 2. The molecule has 4 nitrogen and oxygen atoms in total. The summed E-state index contributed by atoms with van der Waals surface area (Å²) in [4.78, 5) is 11.9. The fourth-order valence-electron chi connectivity index (χ4n) is 2.26. The molecule has 0 aliphatic rings. The van der Waals surface area contributed by atoms with Crippen molar-refractivity contribution in [1.82, 2.24) is 15.1 Å².